The molecule has 1 unspecified atom stereocenters. The van der Waals surface area contributed by atoms with Crippen molar-refractivity contribution in [2.75, 3.05) is 7.11 Å². The highest BCUT2D eigenvalue weighted by atomic mass is 16.5. The second-order valence-electron chi connectivity index (χ2n) is 3.57. The molecule has 1 atom stereocenters. The van der Waals surface area contributed by atoms with Crippen LogP contribution in [0.1, 0.15) is 12.8 Å². The number of aliphatic hydroxyl groups is 1. The van der Waals surface area contributed by atoms with Gasteiger partial charge in [0.1, 0.15) is 6.04 Å². The van der Waals surface area contributed by atoms with Gasteiger partial charge in [-0.15, -0.1) is 0 Å². The number of aliphatic hydroxyl groups excluding tert-OH is 1. The van der Waals surface area contributed by atoms with Gasteiger partial charge in [-0.25, -0.2) is 4.79 Å². The molecular weight excluding hydrogens is 198 g/mol. The molecular formula is C10H11NO4. The van der Waals surface area contributed by atoms with Crippen LogP contribution in [-0.2, 0) is 14.3 Å². The van der Waals surface area contributed by atoms with Crippen LogP contribution < -0.4 is 5.32 Å². The van der Waals surface area contributed by atoms with Gasteiger partial charge >= 0.3 is 5.97 Å². The monoisotopic (exact) mass is 209 g/mol. The van der Waals surface area contributed by atoms with E-state index in [0.29, 0.717) is 12.1 Å². The summed E-state index contributed by atoms with van der Waals surface area (Å²) >= 11 is 0. The van der Waals surface area contributed by atoms with Gasteiger partial charge in [-0.2, -0.15) is 0 Å². The van der Waals surface area contributed by atoms with E-state index in [-0.39, 0.29) is 23.9 Å². The van der Waals surface area contributed by atoms with Crippen molar-refractivity contribution in [1.29, 1.82) is 0 Å². The third-order valence-electron chi connectivity index (χ3n) is 2.59. The van der Waals surface area contributed by atoms with E-state index >= 15 is 0 Å². The molecule has 5 nitrogen and oxygen atoms in total. The van der Waals surface area contributed by atoms with Crippen LogP contribution in [0, 0.1) is 0 Å². The molecule has 2 N–H and O–H groups in total. The predicted octanol–water partition coefficient (Wildman–Crippen LogP) is 0.190. The standard InChI is InChI=1S/C10H11NO4/c1-15-10(14)7-2-5-3-8(12)9(13)4-6(5)11-7/h4,7,11,13H,2-3H2,1H3. The predicted molar refractivity (Wildman–Crippen MR) is 50.9 cm³/mol. The minimum Gasteiger partial charge on any atom is -0.504 e. The van der Waals surface area contributed by atoms with Gasteiger partial charge in [-0.3, -0.25) is 4.79 Å². The van der Waals surface area contributed by atoms with Crippen molar-refractivity contribution in [2.24, 2.45) is 0 Å². The summed E-state index contributed by atoms with van der Waals surface area (Å²) in [6, 6.07) is -0.435. The number of hydrogen-bond acceptors (Lipinski definition) is 5. The SMILES string of the molecule is COC(=O)C1CC2=C(C=C(O)C(=O)C2)N1. The van der Waals surface area contributed by atoms with Crippen molar-refractivity contribution in [2.45, 2.75) is 18.9 Å². The van der Waals surface area contributed by atoms with Crippen molar-refractivity contribution < 1.29 is 19.4 Å². The molecule has 0 radical (unpaired) electrons. The molecule has 0 saturated heterocycles. The summed E-state index contributed by atoms with van der Waals surface area (Å²) < 4.78 is 4.60. The zero-order valence-corrected chi connectivity index (χ0v) is 8.24. The zero-order valence-electron chi connectivity index (χ0n) is 8.24. The lowest BCUT2D eigenvalue weighted by Gasteiger charge is -2.09. The maximum Gasteiger partial charge on any atom is 0.328 e. The van der Waals surface area contributed by atoms with E-state index < -0.39 is 6.04 Å². The van der Waals surface area contributed by atoms with E-state index in [4.69, 9.17) is 0 Å². The third-order valence-corrected chi connectivity index (χ3v) is 2.59. The molecule has 0 saturated carbocycles. The Morgan fingerprint density at radius 1 is 1.67 bits per heavy atom. The molecule has 2 rings (SSSR count). The van der Waals surface area contributed by atoms with Gasteiger partial charge in [0.2, 0.25) is 5.78 Å². The first-order valence-corrected chi connectivity index (χ1v) is 4.62. The number of hydrogen-bond donors (Lipinski definition) is 2. The van der Waals surface area contributed by atoms with Crippen molar-refractivity contribution >= 4 is 11.8 Å². The van der Waals surface area contributed by atoms with Crippen molar-refractivity contribution in [3.8, 4) is 0 Å². The number of methoxy groups -OCH3 is 1. The number of carbonyl (C=O) groups excluding carboxylic acids is 2. The van der Waals surface area contributed by atoms with Crippen LogP contribution in [0.15, 0.2) is 23.1 Å². The summed E-state index contributed by atoms with van der Waals surface area (Å²) in [5.74, 6) is -0.919. The highest BCUT2D eigenvalue weighted by Crippen LogP contribution is 2.28. The first kappa shape index (κ1) is 9.76. The minimum absolute atomic E-state index is 0.179. The Balaban J connectivity index is 2.15. The van der Waals surface area contributed by atoms with Gasteiger partial charge in [0.05, 0.1) is 7.11 Å². The Morgan fingerprint density at radius 2 is 2.40 bits per heavy atom. The first-order valence-electron chi connectivity index (χ1n) is 4.62. The van der Waals surface area contributed by atoms with Gasteiger partial charge < -0.3 is 15.2 Å². The lowest BCUT2D eigenvalue weighted by molar-refractivity contribution is -0.142. The molecule has 5 heteroatoms. The van der Waals surface area contributed by atoms with Crippen LogP contribution >= 0.6 is 0 Å². The van der Waals surface area contributed by atoms with Crippen molar-refractivity contribution in [3.63, 3.8) is 0 Å². The quantitative estimate of drug-likeness (QED) is 0.603. The molecule has 0 aromatic heterocycles. The Kier molecular flexibility index (Phi) is 2.22. The highest BCUT2D eigenvalue weighted by molar-refractivity contribution is 5.97. The van der Waals surface area contributed by atoms with Crippen LogP contribution in [0.5, 0.6) is 0 Å². The summed E-state index contributed by atoms with van der Waals surface area (Å²) in [6.45, 7) is 0. The Bertz CT molecular complexity index is 394. The zero-order chi connectivity index (χ0) is 11.0. The van der Waals surface area contributed by atoms with E-state index in [1.165, 1.54) is 13.2 Å². The number of allylic oxidation sites excluding steroid dienone is 2. The van der Waals surface area contributed by atoms with Crippen LogP contribution in [0.4, 0.5) is 0 Å². The molecule has 15 heavy (non-hydrogen) atoms. The lowest BCUT2D eigenvalue weighted by atomic mass is 9.98. The number of rotatable bonds is 1. The third kappa shape index (κ3) is 1.60. The number of carbonyl (C=O) groups is 2. The number of ether oxygens (including phenoxy) is 1. The molecule has 0 bridgehead atoms. The molecule has 2 aliphatic rings. The molecule has 1 aliphatic heterocycles. The van der Waals surface area contributed by atoms with Crippen LogP contribution in [0.2, 0.25) is 0 Å². The molecule has 0 aromatic carbocycles. The summed E-state index contributed by atoms with van der Waals surface area (Å²) in [6.07, 6.45) is 2.01. The second-order valence-corrected chi connectivity index (χ2v) is 3.57. The average molecular weight is 209 g/mol. The highest BCUT2D eigenvalue weighted by Gasteiger charge is 2.32. The lowest BCUT2D eigenvalue weighted by Crippen LogP contribution is -2.32. The molecule has 1 heterocycles. The fraction of sp³-hybridized carbons (Fsp3) is 0.400. The molecule has 0 amide bonds. The molecule has 0 fully saturated rings. The van der Waals surface area contributed by atoms with Crippen molar-refractivity contribution in [1.82, 2.24) is 5.32 Å². The maximum atomic E-state index is 11.2. The smallest absolute Gasteiger partial charge is 0.328 e. The van der Waals surface area contributed by atoms with E-state index in [2.05, 4.69) is 10.1 Å². The van der Waals surface area contributed by atoms with E-state index in [1.54, 1.807) is 0 Å². The number of ketones is 1. The molecule has 1 aliphatic carbocycles. The summed E-state index contributed by atoms with van der Waals surface area (Å²) in [5.41, 5.74) is 1.52. The van der Waals surface area contributed by atoms with Gasteiger partial charge in [-0.05, 0) is 5.57 Å². The Labute approximate surface area is 86.4 Å². The summed E-state index contributed by atoms with van der Waals surface area (Å²) in [7, 11) is 1.32. The Morgan fingerprint density at radius 3 is 3.07 bits per heavy atom. The van der Waals surface area contributed by atoms with E-state index in [0.717, 1.165) is 5.57 Å². The van der Waals surface area contributed by atoms with Gasteiger partial charge in [0.15, 0.2) is 5.76 Å². The maximum absolute atomic E-state index is 11.2. The van der Waals surface area contributed by atoms with Gasteiger partial charge in [0.25, 0.3) is 0 Å². The Hall–Kier alpha value is -1.78. The topological polar surface area (TPSA) is 75.6 Å². The summed E-state index contributed by atoms with van der Waals surface area (Å²) in [5, 5.41) is 12.1. The second kappa shape index (κ2) is 3.42. The molecule has 0 spiro atoms. The molecule has 0 aromatic rings. The van der Waals surface area contributed by atoms with Gasteiger partial charge in [-0.1, -0.05) is 0 Å². The van der Waals surface area contributed by atoms with E-state index in [1.807, 2.05) is 0 Å². The number of Topliss-reactive ketones (excluding diaryl/α,β-unsaturated/α-hetero) is 1. The van der Waals surface area contributed by atoms with Crippen LogP contribution in [0.3, 0.4) is 0 Å². The molecule has 80 valence electrons. The fourth-order valence-electron chi connectivity index (χ4n) is 1.79. The minimum atomic E-state index is -0.435. The van der Waals surface area contributed by atoms with Crippen molar-refractivity contribution in [3.05, 3.63) is 23.1 Å². The number of nitrogens with one attached hydrogen (secondary N) is 1. The van der Waals surface area contributed by atoms with E-state index in [9.17, 15) is 14.7 Å². The fourth-order valence-corrected chi connectivity index (χ4v) is 1.79. The largest absolute Gasteiger partial charge is 0.504 e. The normalized spacial score (nSPS) is 24.5. The first-order chi connectivity index (χ1) is 7.11. The number of esters is 1. The van der Waals surface area contributed by atoms with Crippen LogP contribution in [0.25, 0.3) is 0 Å². The van der Waals surface area contributed by atoms with Crippen LogP contribution in [-0.4, -0.2) is 30.0 Å². The average Bonchev–Trinajstić information content (AvgIpc) is 2.60. The summed E-state index contributed by atoms with van der Waals surface area (Å²) in [4.78, 5) is 22.4. The van der Waals surface area contributed by atoms with Gasteiger partial charge in [0, 0.05) is 24.6 Å².